The molecule has 1 atom stereocenters. The lowest BCUT2D eigenvalue weighted by Gasteiger charge is -2.09. The predicted octanol–water partition coefficient (Wildman–Crippen LogP) is 4.72. The second-order valence-electron chi connectivity index (χ2n) is 4.74. The molecule has 0 aliphatic heterocycles. The van der Waals surface area contributed by atoms with Gasteiger partial charge in [-0.25, -0.2) is 4.39 Å². The average molecular weight is 335 g/mol. The van der Waals surface area contributed by atoms with Crippen LogP contribution in [-0.2, 0) is 0 Å². The van der Waals surface area contributed by atoms with Crippen LogP contribution in [0.25, 0.3) is 11.0 Å². The molecule has 0 aliphatic carbocycles. The number of aliphatic hydroxyl groups is 1. The first-order chi connectivity index (χ1) is 9.56. The number of aliphatic hydroxyl groups excluding tert-OH is 1. The molecule has 1 heterocycles. The van der Waals surface area contributed by atoms with Gasteiger partial charge >= 0.3 is 0 Å². The largest absolute Gasteiger partial charge is 0.458 e. The fraction of sp³-hybridized carbons (Fsp3) is 0.125. The summed E-state index contributed by atoms with van der Waals surface area (Å²) in [5, 5.41) is 11.2. The second kappa shape index (κ2) is 5.04. The molecule has 102 valence electrons. The van der Waals surface area contributed by atoms with Gasteiger partial charge in [0.2, 0.25) is 0 Å². The quantitative estimate of drug-likeness (QED) is 0.735. The number of aryl methyl sites for hydroxylation is 1. The Morgan fingerprint density at radius 1 is 1.20 bits per heavy atom. The number of benzene rings is 2. The molecule has 1 N–H and O–H groups in total. The van der Waals surface area contributed by atoms with Crippen molar-refractivity contribution in [3.8, 4) is 0 Å². The van der Waals surface area contributed by atoms with Gasteiger partial charge < -0.3 is 9.52 Å². The Balaban J connectivity index is 2.08. The molecular weight excluding hydrogens is 323 g/mol. The lowest BCUT2D eigenvalue weighted by atomic mass is 10.1. The molecule has 1 aromatic heterocycles. The van der Waals surface area contributed by atoms with Crippen LogP contribution in [0, 0.1) is 12.7 Å². The fourth-order valence-corrected chi connectivity index (χ4v) is 2.58. The topological polar surface area (TPSA) is 33.4 Å². The number of hydrogen-bond donors (Lipinski definition) is 1. The van der Waals surface area contributed by atoms with Crippen LogP contribution in [0.2, 0.25) is 0 Å². The molecule has 0 aliphatic rings. The SMILES string of the molecule is Cc1ccc2oc(C(O)c3cccc(Br)c3F)cc2c1. The van der Waals surface area contributed by atoms with Crippen molar-refractivity contribution in [1.29, 1.82) is 0 Å². The van der Waals surface area contributed by atoms with Crippen molar-refractivity contribution in [2.45, 2.75) is 13.0 Å². The van der Waals surface area contributed by atoms with Crippen molar-refractivity contribution in [2.24, 2.45) is 0 Å². The Kier molecular flexibility index (Phi) is 3.36. The van der Waals surface area contributed by atoms with Crippen molar-refractivity contribution in [1.82, 2.24) is 0 Å². The van der Waals surface area contributed by atoms with E-state index in [0.29, 0.717) is 15.8 Å². The van der Waals surface area contributed by atoms with Gasteiger partial charge in [-0.05, 0) is 47.1 Å². The number of furan rings is 1. The monoisotopic (exact) mass is 334 g/mol. The molecular formula is C16H12BrFO2. The van der Waals surface area contributed by atoms with E-state index in [1.54, 1.807) is 24.3 Å². The molecule has 0 saturated carbocycles. The van der Waals surface area contributed by atoms with E-state index in [1.807, 2.05) is 25.1 Å². The van der Waals surface area contributed by atoms with Gasteiger partial charge in [0.25, 0.3) is 0 Å². The first-order valence-corrected chi connectivity index (χ1v) is 6.97. The van der Waals surface area contributed by atoms with E-state index in [-0.39, 0.29) is 5.56 Å². The van der Waals surface area contributed by atoms with E-state index in [0.717, 1.165) is 10.9 Å². The van der Waals surface area contributed by atoms with E-state index in [1.165, 1.54) is 0 Å². The molecule has 0 spiro atoms. The zero-order valence-electron chi connectivity index (χ0n) is 10.7. The Labute approximate surface area is 124 Å². The smallest absolute Gasteiger partial charge is 0.143 e. The van der Waals surface area contributed by atoms with Crippen molar-refractivity contribution >= 4 is 26.9 Å². The molecule has 0 saturated heterocycles. The molecule has 2 aromatic carbocycles. The molecule has 0 fully saturated rings. The van der Waals surface area contributed by atoms with E-state index >= 15 is 0 Å². The molecule has 4 heteroatoms. The van der Waals surface area contributed by atoms with Crippen LogP contribution in [0.3, 0.4) is 0 Å². The average Bonchev–Trinajstić information content (AvgIpc) is 2.84. The first kappa shape index (κ1) is 13.3. The second-order valence-corrected chi connectivity index (χ2v) is 5.59. The van der Waals surface area contributed by atoms with Crippen molar-refractivity contribution in [2.75, 3.05) is 0 Å². The Morgan fingerprint density at radius 3 is 2.80 bits per heavy atom. The van der Waals surface area contributed by atoms with E-state index < -0.39 is 11.9 Å². The number of fused-ring (bicyclic) bond motifs is 1. The first-order valence-electron chi connectivity index (χ1n) is 6.18. The minimum absolute atomic E-state index is 0.190. The summed E-state index contributed by atoms with van der Waals surface area (Å²) in [5.74, 6) is -0.140. The number of hydrogen-bond acceptors (Lipinski definition) is 2. The summed E-state index contributed by atoms with van der Waals surface area (Å²) in [6, 6.07) is 12.3. The van der Waals surface area contributed by atoms with Crippen molar-refractivity contribution in [3.05, 3.63) is 69.6 Å². The van der Waals surface area contributed by atoms with Crippen LogP contribution < -0.4 is 0 Å². The van der Waals surface area contributed by atoms with Gasteiger partial charge in [0.05, 0.1) is 4.47 Å². The summed E-state index contributed by atoms with van der Waals surface area (Å²) >= 11 is 3.11. The van der Waals surface area contributed by atoms with Crippen molar-refractivity contribution < 1.29 is 13.9 Å². The van der Waals surface area contributed by atoms with Gasteiger partial charge in [0.1, 0.15) is 23.3 Å². The third kappa shape index (κ3) is 2.25. The highest BCUT2D eigenvalue weighted by atomic mass is 79.9. The van der Waals surface area contributed by atoms with Gasteiger partial charge in [-0.1, -0.05) is 23.8 Å². The zero-order chi connectivity index (χ0) is 14.3. The molecule has 3 rings (SSSR count). The van der Waals surface area contributed by atoms with E-state index in [4.69, 9.17) is 4.42 Å². The number of halogens is 2. The minimum atomic E-state index is -1.12. The molecule has 1 unspecified atom stereocenters. The van der Waals surface area contributed by atoms with Crippen LogP contribution in [0.5, 0.6) is 0 Å². The summed E-state index contributed by atoms with van der Waals surface area (Å²) < 4.78 is 19.9. The molecule has 20 heavy (non-hydrogen) atoms. The summed E-state index contributed by atoms with van der Waals surface area (Å²) in [5.41, 5.74) is 1.98. The van der Waals surface area contributed by atoms with Gasteiger partial charge in [0.15, 0.2) is 0 Å². The Morgan fingerprint density at radius 2 is 2.00 bits per heavy atom. The van der Waals surface area contributed by atoms with Gasteiger partial charge in [-0.2, -0.15) is 0 Å². The highest BCUT2D eigenvalue weighted by Crippen LogP contribution is 2.31. The molecule has 0 radical (unpaired) electrons. The Bertz CT molecular complexity index is 779. The predicted molar refractivity (Wildman–Crippen MR) is 79.1 cm³/mol. The minimum Gasteiger partial charge on any atom is -0.458 e. The molecule has 0 amide bonds. The molecule has 2 nitrogen and oxygen atoms in total. The normalized spacial score (nSPS) is 12.8. The van der Waals surface area contributed by atoms with Crippen LogP contribution in [0.4, 0.5) is 4.39 Å². The lowest BCUT2D eigenvalue weighted by Crippen LogP contribution is -2.01. The summed E-state index contributed by atoms with van der Waals surface area (Å²) in [4.78, 5) is 0. The highest BCUT2D eigenvalue weighted by Gasteiger charge is 2.20. The van der Waals surface area contributed by atoms with Crippen LogP contribution >= 0.6 is 15.9 Å². The third-order valence-corrected chi connectivity index (χ3v) is 3.85. The lowest BCUT2D eigenvalue weighted by molar-refractivity contribution is 0.187. The standard InChI is InChI=1S/C16H12BrFO2/c1-9-5-6-13-10(7-9)8-14(20-13)16(19)11-3-2-4-12(17)15(11)18/h2-8,16,19H,1H3. The van der Waals surface area contributed by atoms with E-state index in [9.17, 15) is 9.50 Å². The summed E-state index contributed by atoms with van der Waals surface area (Å²) in [6.45, 7) is 1.98. The maximum absolute atomic E-state index is 14.0. The van der Waals surface area contributed by atoms with Gasteiger partial charge in [-0.15, -0.1) is 0 Å². The van der Waals surface area contributed by atoms with Crippen LogP contribution in [0.1, 0.15) is 23.0 Å². The zero-order valence-corrected chi connectivity index (χ0v) is 12.3. The molecule has 3 aromatic rings. The molecule has 0 bridgehead atoms. The van der Waals surface area contributed by atoms with E-state index in [2.05, 4.69) is 15.9 Å². The Hall–Kier alpha value is -1.65. The van der Waals surface area contributed by atoms with Crippen molar-refractivity contribution in [3.63, 3.8) is 0 Å². The summed E-state index contributed by atoms with van der Waals surface area (Å²) in [6.07, 6.45) is -1.12. The van der Waals surface area contributed by atoms with Crippen LogP contribution in [0.15, 0.2) is 51.4 Å². The maximum atomic E-state index is 14.0. The third-order valence-electron chi connectivity index (χ3n) is 3.24. The fourth-order valence-electron chi connectivity index (χ4n) is 2.20. The van der Waals surface area contributed by atoms with Gasteiger partial charge in [0, 0.05) is 10.9 Å². The highest BCUT2D eigenvalue weighted by molar-refractivity contribution is 9.10. The number of rotatable bonds is 2. The van der Waals surface area contributed by atoms with Gasteiger partial charge in [-0.3, -0.25) is 0 Å². The maximum Gasteiger partial charge on any atom is 0.143 e. The summed E-state index contributed by atoms with van der Waals surface area (Å²) in [7, 11) is 0. The van der Waals surface area contributed by atoms with Crippen LogP contribution in [-0.4, -0.2) is 5.11 Å².